The minimum absolute atomic E-state index is 0.271. The van der Waals surface area contributed by atoms with E-state index in [1.54, 1.807) is 6.08 Å². The summed E-state index contributed by atoms with van der Waals surface area (Å²) in [4.78, 5) is 24.7. The number of aliphatic hydroxyl groups is 1. The number of hydrogen-bond donors (Lipinski definition) is 2. The highest BCUT2D eigenvalue weighted by molar-refractivity contribution is 5.96. The molecule has 4 atom stereocenters. The third-order valence-electron chi connectivity index (χ3n) is 6.47. The zero-order valence-electron chi connectivity index (χ0n) is 14.6. The highest BCUT2D eigenvalue weighted by Gasteiger charge is 2.63. The summed E-state index contributed by atoms with van der Waals surface area (Å²) in [6, 6.07) is 0. The van der Waals surface area contributed by atoms with E-state index in [0.29, 0.717) is 24.8 Å². The molecule has 5 heteroatoms. The van der Waals surface area contributed by atoms with Crippen molar-refractivity contribution >= 4 is 11.9 Å². The van der Waals surface area contributed by atoms with Gasteiger partial charge in [-0.25, -0.2) is 4.79 Å². The average Bonchev–Trinajstić information content (AvgIpc) is 2.74. The van der Waals surface area contributed by atoms with Crippen molar-refractivity contribution in [1.29, 1.82) is 0 Å². The van der Waals surface area contributed by atoms with E-state index >= 15 is 0 Å². The number of carbonyl (C=O) groups is 2. The molecule has 0 radical (unpaired) electrons. The average molecular weight is 334 g/mol. The lowest BCUT2D eigenvalue weighted by molar-refractivity contribution is -0.176. The van der Waals surface area contributed by atoms with Crippen LogP contribution in [0.25, 0.3) is 0 Å². The van der Waals surface area contributed by atoms with Crippen molar-refractivity contribution in [3.8, 4) is 0 Å². The Hall–Kier alpha value is -1.62. The van der Waals surface area contributed by atoms with E-state index in [1.165, 1.54) is 0 Å². The lowest BCUT2D eigenvalue weighted by Crippen LogP contribution is -2.54. The first kappa shape index (κ1) is 17.2. The fraction of sp³-hybridized carbons (Fsp3) is 0.684. The molecule has 2 aliphatic carbocycles. The van der Waals surface area contributed by atoms with Gasteiger partial charge in [-0.2, -0.15) is 0 Å². The molecule has 1 fully saturated rings. The second kappa shape index (κ2) is 5.19. The number of fused-ring (bicyclic) bond motifs is 1. The zero-order valence-corrected chi connectivity index (χ0v) is 14.6. The van der Waals surface area contributed by atoms with Gasteiger partial charge in [0, 0.05) is 5.41 Å². The van der Waals surface area contributed by atoms with Gasteiger partial charge in [-0.3, -0.25) is 4.79 Å². The van der Waals surface area contributed by atoms with Crippen LogP contribution >= 0.6 is 0 Å². The molecule has 5 nitrogen and oxygen atoms in total. The van der Waals surface area contributed by atoms with Crippen LogP contribution in [0.3, 0.4) is 0 Å². The normalized spacial score (nSPS) is 41.1. The molecule has 2 N–H and O–H groups in total. The van der Waals surface area contributed by atoms with Crippen molar-refractivity contribution in [2.75, 3.05) is 0 Å². The summed E-state index contributed by atoms with van der Waals surface area (Å²) < 4.78 is 5.77. The highest BCUT2D eigenvalue weighted by atomic mass is 16.6. The van der Waals surface area contributed by atoms with Crippen LogP contribution in [0.2, 0.25) is 0 Å². The van der Waals surface area contributed by atoms with Crippen molar-refractivity contribution in [2.45, 2.75) is 64.6 Å². The summed E-state index contributed by atoms with van der Waals surface area (Å²) in [5.41, 5.74) is -1.20. The van der Waals surface area contributed by atoms with Gasteiger partial charge in [0.15, 0.2) is 0 Å². The van der Waals surface area contributed by atoms with E-state index in [1.807, 2.05) is 20.8 Å². The standard InChI is InChI=1S/C19H26O5/c1-5-18(4)10-7-11-12(14(18)20)16(23)24-19(11)9-6-8-17(2,3)13(19)15(21)22/h5,13-14,20H,1,6-10H2,2-4H3,(H,21,22)/t13-,14-,18-,19+/m0/s1. The smallest absolute Gasteiger partial charge is 0.337 e. The van der Waals surface area contributed by atoms with E-state index < -0.39 is 40.4 Å². The molecule has 0 unspecified atom stereocenters. The van der Waals surface area contributed by atoms with Gasteiger partial charge in [0.25, 0.3) is 0 Å². The first-order valence-electron chi connectivity index (χ1n) is 8.60. The van der Waals surface area contributed by atoms with Crippen LogP contribution in [0.4, 0.5) is 0 Å². The maximum atomic E-state index is 12.6. The molecule has 24 heavy (non-hydrogen) atoms. The molecule has 0 aromatic rings. The molecule has 0 aromatic heterocycles. The summed E-state index contributed by atoms with van der Waals surface area (Å²) in [5, 5.41) is 20.7. The van der Waals surface area contributed by atoms with Crippen LogP contribution in [0.5, 0.6) is 0 Å². The predicted molar refractivity (Wildman–Crippen MR) is 88.2 cm³/mol. The van der Waals surface area contributed by atoms with E-state index in [0.717, 1.165) is 12.8 Å². The van der Waals surface area contributed by atoms with Crippen molar-refractivity contribution < 1.29 is 24.5 Å². The molecule has 132 valence electrons. The SMILES string of the molecule is C=C[C@@]1(C)CCC2=C(C(=O)O[C@]23CCCC(C)(C)[C@@H]3C(=O)O)[C@@H]1O. The molecule has 0 amide bonds. The van der Waals surface area contributed by atoms with Crippen LogP contribution in [-0.2, 0) is 14.3 Å². The van der Waals surface area contributed by atoms with Crippen LogP contribution in [0, 0.1) is 16.7 Å². The Kier molecular flexibility index (Phi) is 3.72. The molecule has 1 heterocycles. The summed E-state index contributed by atoms with van der Waals surface area (Å²) in [5.74, 6) is -2.29. The molecule has 0 bridgehead atoms. The summed E-state index contributed by atoms with van der Waals surface area (Å²) in [7, 11) is 0. The highest BCUT2D eigenvalue weighted by Crippen LogP contribution is 2.58. The van der Waals surface area contributed by atoms with Gasteiger partial charge in [0.05, 0.1) is 11.7 Å². The number of esters is 1. The maximum Gasteiger partial charge on any atom is 0.337 e. The number of aliphatic carboxylic acids is 1. The van der Waals surface area contributed by atoms with Crippen LogP contribution in [-0.4, -0.2) is 33.9 Å². The van der Waals surface area contributed by atoms with Crippen molar-refractivity contribution in [1.82, 2.24) is 0 Å². The molecular formula is C19H26O5. The fourth-order valence-electron chi connectivity index (χ4n) is 5.03. The fourth-order valence-corrected chi connectivity index (χ4v) is 5.03. The largest absolute Gasteiger partial charge is 0.481 e. The first-order chi connectivity index (χ1) is 11.1. The van der Waals surface area contributed by atoms with Gasteiger partial charge >= 0.3 is 11.9 Å². The molecule has 0 aromatic carbocycles. The van der Waals surface area contributed by atoms with Crippen molar-refractivity contribution in [2.24, 2.45) is 16.7 Å². The number of carboxylic acid groups (broad SMARTS) is 1. The Morgan fingerprint density at radius 2 is 1.96 bits per heavy atom. The molecular weight excluding hydrogens is 308 g/mol. The van der Waals surface area contributed by atoms with Crippen LogP contribution in [0.15, 0.2) is 23.8 Å². The first-order valence-corrected chi connectivity index (χ1v) is 8.60. The van der Waals surface area contributed by atoms with Gasteiger partial charge < -0.3 is 14.9 Å². The zero-order chi connectivity index (χ0) is 17.9. The molecule has 1 saturated carbocycles. The van der Waals surface area contributed by atoms with Crippen molar-refractivity contribution in [3.63, 3.8) is 0 Å². The maximum absolute atomic E-state index is 12.6. The Morgan fingerprint density at radius 3 is 2.54 bits per heavy atom. The predicted octanol–water partition coefficient (Wildman–Crippen LogP) is 2.84. The van der Waals surface area contributed by atoms with Gasteiger partial charge in [-0.15, -0.1) is 6.58 Å². The molecule has 3 rings (SSSR count). The molecule has 1 spiro atoms. The van der Waals surface area contributed by atoms with E-state index in [9.17, 15) is 19.8 Å². The summed E-state index contributed by atoms with van der Waals surface area (Å²) >= 11 is 0. The third-order valence-corrected chi connectivity index (χ3v) is 6.47. The summed E-state index contributed by atoms with van der Waals surface area (Å²) in [6.07, 6.45) is 3.95. The number of carboxylic acids is 1. The Bertz CT molecular complexity index is 646. The third kappa shape index (κ3) is 2.10. The topological polar surface area (TPSA) is 83.8 Å². The van der Waals surface area contributed by atoms with E-state index in [2.05, 4.69) is 6.58 Å². The van der Waals surface area contributed by atoms with Gasteiger partial charge in [-0.1, -0.05) is 26.8 Å². The second-order valence-corrected chi connectivity index (χ2v) is 8.40. The lowest BCUT2D eigenvalue weighted by Gasteiger charge is -2.49. The quantitative estimate of drug-likeness (QED) is 0.599. The lowest BCUT2D eigenvalue weighted by atomic mass is 9.57. The minimum Gasteiger partial charge on any atom is -0.481 e. The number of rotatable bonds is 2. The Morgan fingerprint density at radius 1 is 1.29 bits per heavy atom. The van der Waals surface area contributed by atoms with Gasteiger partial charge in [-0.05, 0) is 43.1 Å². The van der Waals surface area contributed by atoms with Crippen molar-refractivity contribution in [3.05, 3.63) is 23.8 Å². The number of hydrogen-bond acceptors (Lipinski definition) is 4. The molecule has 0 saturated heterocycles. The van der Waals surface area contributed by atoms with E-state index in [-0.39, 0.29) is 5.57 Å². The number of aliphatic hydroxyl groups excluding tert-OH is 1. The number of carbonyl (C=O) groups excluding carboxylic acids is 1. The Labute approximate surface area is 142 Å². The molecule has 1 aliphatic heterocycles. The van der Waals surface area contributed by atoms with Crippen LogP contribution < -0.4 is 0 Å². The van der Waals surface area contributed by atoms with E-state index in [4.69, 9.17) is 4.74 Å². The van der Waals surface area contributed by atoms with Gasteiger partial charge in [0.1, 0.15) is 11.5 Å². The Balaban J connectivity index is 2.16. The second-order valence-electron chi connectivity index (χ2n) is 8.40. The van der Waals surface area contributed by atoms with Crippen LogP contribution in [0.1, 0.15) is 52.9 Å². The summed E-state index contributed by atoms with van der Waals surface area (Å²) in [6.45, 7) is 9.50. The minimum atomic E-state index is -1.11. The van der Waals surface area contributed by atoms with Gasteiger partial charge in [0.2, 0.25) is 0 Å². The monoisotopic (exact) mass is 334 g/mol. The number of ether oxygens (including phenoxy) is 1. The molecule has 3 aliphatic rings.